The van der Waals surface area contributed by atoms with Crippen molar-refractivity contribution in [2.75, 3.05) is 0 Å². The summed E-state index contributed by atoms with van der Waals surface area (Å²) in [6.07, 6.45) is 1.02. The number of carbonyl (C=O) groups is 1. The molecule has 5 aromatic rings. The highest BCUT2D eigenvalue weighted by Gasteiger charge is 2.23. The molecular weight excluding hydrogens is 505 g/mol. The lowest BCUT2D eigenvalue weighted by atomic mass is 9.86. The van der Waals surface area contributed by atoms with Gasteiger partial charge in [-0.3, -0.25) is 4.79 Å². The molecule has 0 bridgehead atoms. The van der Waals surface area contributed by atoms with Gasteiger partial charge in [0.05, 0.1) is 22.5 Å². The zero-order valence-corrected chi connectivity index (χ0v) is 22.1. The highest BCUT2D eigenvalue weighted by molar-refractivity contribution is 6.22. The number of aromatic nitrogens is 1. The first kappa shape index (κ1) is 26.8. The number of H-pyrrole nitrogens is 1. The van der Waals surface area contributed by atoms with Crippen LogP contribution in [0.25, 0.3) is 10.9 Å². The second kappa shape index (κ2) is 11.2. The van der Waals surface area contributed by atoms with Gasteiger partial charge in [0.25, 0.3) is 0 Å². The molecule has 0 aliphatic heterocycles. The Kier molecular flexibility index (Phi) is 7.49. The van der Waals surface area contributed by atoms with Gasteiger partial charge in [-0.15, -0.1) is 0 Å². The quantitative estimate of drug-likeness (QED) is 0.159. The molecule has 1 aromatic heterocycles. The highest BCUT2D eigenvalue weighted by Crippen LogP contribution is 2.33. The minimum absolute atomic E-state index is 0.00413. The van der Waals surface area contributed by atoms with Gasteiger partial charge in [0.2, 0.25) is 0 Å². The van der Waals surface area contributed by atoms with Crippen LogP contribution in [0, 0.1) is 5.82 Å². The van der Waals surface area contributed by atoms with Gasteiger partial charge in [-0.2, -0.15) is 0 Å². The Hall–Kier alpha value is -4.75. The summed E-state index contributed by atoms with van der Waals surface area (Å²) in [5.74, 6) is -1.44. The molecule has 0 aliphatic carbocycles. The van der Waals surface area contributed by atoms with Gasteiger partial charge in [-0.25, -0.2) is 9.38 Å². The van der Waals surface area contributed by atoms with E-state index in [1.54, 1.807) is 6.07 Å². The second-order valence-electron chi connectivity index (χ2n) is 10.2. The number of nitrogens with one attached hydrogen (secondary N) is 1. The first-order chi connectivity index (χ1) is 19.2. The second-order valence-corrected chi connectivity index (χ2v) is 10.2. The molecule has 40 heavy (non-hydrogen) atoms. The first-order valence-corrected chi connectivity index (χ1v) is 13.0. The molecule has 0 saturated carbocycles. The Balaban J connectivity index is 1.57. The topological polar surface area (TPSA) is 112 Å². The summed E-state index contributed by atoms with van der Waals surface area (Å²) < 4.78 is 13.9. The average molecular weight is 536 g/mol. The number of halogens is 1. The van der Waals surface area contributed by atoms with E-state index < -0.39 is 17.3 Å². The van der Waals surface area contributed by atoms with E-state index in [1.165, 1.54) is 12.1 Å². The summed E-state index contributed by atoms with van der Waals surface area (Å²) in [6.45, 7) is 2.00. The molecule has 202 valence electrons. The largest absolute Gasteiger partial charge is 0.494 e. The third-order valence-corrected chi connectivity index (χ3v) is 6.99. The summed E-state index contributed by atoms with van der Waals surface area (Å²) in [4.78, 5) is 18.9. The summed E-state index contributed by atoms with van der Waals surface area (Å²) in [5, 5.41) is 20.7. The number of fused-ring (bicyclic) bond motifs is 1. The SMILES string of the molecule is CC(N)(Cc1ccccc1)c1ccc(N=C(c2cccc(CCC(=O)O)c2)c2c(O)[nH]c3cc(F)ccc23)cc1. The van der Waals surface area contributed by atoms with Gasteiger partial charge in [0.1, 0.15) is 5.82 Å². The number of rotatable bonds is 9. The van der Waals surface area contributed by atoms with Gasteiger partial charge >= 0.3 is 5.97 Å². The van der Waals surface area contributed by atoms with Crippen molar-refractivity contribution in [2.45, 2.75) is 31.7 Å². The standard InChI is InChI=1S/C33H30FN3O3/c1-33(35,20-22-6-3-2-4-7-22)24-11-14-26(15-12-24)36-31(23-9-5-8-21(18-23)10-17-29(38)39)30-27-16-13-25(34)19-28(27)37-32(30)40/h2-9,11-16,18-19,37,40H,10,17,20,35H2,1H3,(H,38,39). The van der Waals surface area contributed by atoms with Gasteiger partial charge in [0, 0.05) is 22.9 Å². The van der Waals surface area contributed by atoms with Gasteiger partial charge in [0.15, 0.2) is 5.88 Å². The summed E-state index contributed by atoms with van der Waals surface area (Å²) in [5.41, 5.74) is 11.7. The predicted octanol–water partition coefficient (Wildman–Crippen LogP) is 6.62. The number of carboxylic acid groups (broad SMARTS) is 1. The Bertz CT molecular complexity index is 1690. The fourth-order valence-electron chi connectivity index (χ4n) is 4.95. The van der Waals surface area contributed by atoms with Crippen LogP contribution in [0.4, 0.5) is 10.1 Å². The predicted molar refractivity (Wildman–Crippen MR) is 156 cm³/mol. The zero-order chi connectivity index (χ0) is 28.3. The molecule has 0 spiro atoms. The number of nitrogens with two attached hydrogens (primary N) is 1. The number of nitrogens with zero attached hydrogens (tertiary/aromatic N) is 1. The van der Waals surface area contributed by atoms with Crippen molar-refractivity contribution in [3.8, 4) is 5.88 Å². The maximum Gasteiger partial charge on any atom is 0.303 e. The number of hydrogen-bond acceptors (Lipinski definition) is 4. The van der Waals surface area contributed by atoms with Crippen LogP contribution >= 0.6 is 0 Å². The number of aryl methyl sites for hydroxylation is 1. The Labute approximate surface area is 231 Å². The highest BCUT2D eigenvalue weighted by atomic mass is 19.1. The molecule has 1 unspecified atom stereocenters. The van der Waals surface area contributed by atoms with E-state index in [0.29, 0.717) is 46.3 Å². The van der Waals surface area contributed by atoms with E-state index in [-0.39, 0.29) is 12.3 Å². The van der Waals surface area contributed by atoms with Gasteiger partial charge in [-0.05, 0) is 72.9 Å². The van der Waals surface area contributed by atoms with Crippen LogP contribution in [0.5, 0.6) is 5.88 Å². The molecular formula is C33H30FN3O3. The molecule has 4 aromatic carbocycles. The third kappa shape index (κ3) is 5.95. The number of carboxylic acids is 1. The van der Waals surface area contributed by atoms with Crippen LogP contribution in [-0.2, 0) is 23.2 Å². The number of benzene rings is 4. The van der Waals surface area contributed by atoms with E-state index in [1.807, 2.05) is 73.7 Å². The number of aromatic amines is 1. The fourth-order valence-corrected chi connectivity index (χ4v) is 4.95. The van der Waals surface area contributed by atoms with Crippen LogP contribution in [0.2, 0.25) is 0 Å². The van der Waals surface area contributed by atoms with Crippen molar-refractivity contribution in [1.82, 2.24) is 4.98 Å². The van der Waals surface area contributed by atoms with Gasteiger partial charge < -0.3 is 20.9 Å². The van der Waals surface area contributed by atoms with Crippen LogP contribution in [0.15, 0.2) is 102 Å². The average Bonchev–Trinajstić information content (AvgIpc) is 3.25. The van der Waals surface area contributed by atoms with Crippen LogP contribution in [0.1, 0.15) is 41.2 Å². The molecule has 6 nitrogen and oxygen atoms in total. The first-order valence-electron chi connectivity index (χ1n) is 13.0. The Morgan fingerprint density at radius 3 is 2.40 bits per heavy atom. The summed E-state index contributed by atoms with van der Waals surface area (Å²) in [7, 11) is 0. The maximum absolute atomic E-state index is 13.9. The monoisotopic (exact) mass is 535 g/mol. The van der Waals surface area contributed by atoms with E-state index in [4.69, 9.17) is 15.8 Å². The van der Waals surface area contributed by atoms with E-state index in [2.05, 4.69) is 17.1 Å². The molecule has 5 N–H and O–H groups in total. The van der Waals surface area contributed by atoms with Crippen molar-refractivity contribution in [3.63, 3.8) is 0 Å². The number of aromatic hydroxyl groups is 1. The molecule has 0 amide bonds. The normalized spacial score (nSPS) is 13.3. The van der Waals surface area contributed by atoms with Crippen molar-refractivity contribution >= 4 is 28.3 Å². The van der Waals surface area contributed by atoms with Crippen LogP contribution in [0.3, 0.4) is 0 Å². The molecule has 0 aliphatic rings. The number of aliphatic carboxylic acids is 1. The third-order valence-electron chi connectivity index (χ3n) is 6.99. The Morgan fingerprint density at radius 1 is 0.950 bits per heavy atom. The van der Waals surface area contributed by atoms with Gasteiger partial charge in [-0.1, -0.05) is 60.7 Å². The molecule has 1 heterocycles. The number of hydrogen-bond donors (Lipinski definition) is 4. The van der Waals surface area contributed by atoms with Crippen molar-refractivity contribution < 1.29 is 19.4 Å². The van der Waals surface area contributed by atoms with E-state index in [9.17, 15) is 14.3 Å². The van der Waals surface area contributed by atoms with Crippen molar-refractivity contribution in [3.05, 3.63) is 131 Å². The molecule has 1 atom stereocenters. The minimum Gasteiger partial charge on any atom is -0.494 e. The zero-order valence-electron chi connectivity index (χ0n) is 22.1. The summed E-state index contributed by atoms with van der Waals surface area (Å²) in [6, 6.07) is 29.4. The van der Waals surface area contributed by atoms with E-state index >= 15 is 0 Å². The summed E-state index contributed by atoms with van der Waals surface area (Å²) >= 11 is 0. The number of aliphatic imine (C=N–C) groups is 1. The molecule has 0 fully saturated rings. The van der Waals surface area contributed by atoms with Crippen molar-refractivity contribution in [2.24, 2.45) is 10.7 Å². The molecule has 0 saturated heterocycles. The molecule has 0 radical (unpaired) electrons. The molecule has 7 heteroatoms. The lowest BCUT2D eigenvalue weighted by Gasteiger charge is -2.25. The smallest absolute Gasteiger partial charge is 0.303 e. The van der Waals surface area contributed by atoms with E-state index in [0.717, 1.165) is 16.7 Å². The Morgan fingerprint density at radius 2 is 1.68 bits per heavy atom. The maximum atomic E-state index is 13.9. The lowest BCUT2D eigenvalue weighted by Crippen LogP contribution is -2.35. The fraction of sp³-hybridized carbons (Fsp3) is 0.152. The van der Waals surface area contributed by atoms with Crippen molar-refractivity contribution in [1.29, 1.82) is 0 Å². The van der Waals surface area contributed by atoms with Crippen LogP contribution < -0.4 is 5.73 Å². The van der Waals surface area contributed by atoms with Crippen LogP contribution in [-0.4, -0.2) is 26.9 Å². The lowest BCUT2D eigenvalue weighted by molar-refractivity contribution is -0.136. The molecule has 5 rings (SSSR count). The minimum atomic E-state index is -0.880.